The molecule has 1 aliphatic rings. The first-order valence-electron chi connectivity index (χ1n) is 11.2. The highest BCUT2D eigenvalue weighted by molar-refractivity contribution is 8.05. The third-order valence-corrected chi connectivity index (χ3v) is 7.19. The number of thioether (sulfide) groups is 1. The number of carbonyl (C=O) groups excluding carboxylic acids is 2. The molecule has 1 unspecified atom stereocenters. The summed E-state index contributed by atoms with van der Waals surface area (Å²) in [5.74, 6) is -0.661. The van der Waals surface area contributed by atoms with Crippen molar-refractivity contribution < 1.29 is 9.59 Å². The Morgan fingerprint density at radius 3 is 2.37 bits per heavy atom. The van der Waals surface area contributed by atoms with Gasteiger partial charge in [0.15, 0.2) is 0 Å². The number of amides is 2. The number of aryl methyl sites for hydroxylation is 1. The highest BCUT2D eigenvalue weighted by atomic mass is 35.5. The molecule has 0 aliphatic carbocycles. The van der Waals surface area contributed by atoms with Crippen molar-refractivity contribution in [1.82, 2.24) is 5.32 Å². The Labute approximate surface area is 214 Å². The molecule has 1 fully saturated rings. The fourth-order valence-electron chi connectivity index (χ4n) is 3.80. The molecule has 1 aliphatic heterocycles. The summed E-state index contributed by atoms with van der Waals surface area (Å²) in [7, 11) is 0. The van der Waals surface area contributed by atoms with Crippen LogP contribution in [0.1, 0.15) is 16.7 Å². The topological polar surface area (TPSA) is 73.2 Å². The molecule has 0 saturated carbocycles. The SMILES string of the molecule is Cc1ccc(CC2S/C(=C(/C#N)C(=O)NCCc3ccccc3)N(c3ccc(Cl)cc3)C2=O)cc1. The Morgan fingerprint density at radius 2 is 1.71 bits per heavy atom. The Bertz CT molecular complexity index is 1280. The third kappa shape index (κ3) is 5.94. The van der Waals surface area contributed by atoms with E-state index in [2.05, 4.69) is 5.32 Å². The Balaban J connectivity index is 1.61. The van der Waals surface area contributed by atoms with Crippen LogP contribution in [0.15, 0.2) is 89.5 Å². The molecular weight excluding hydrogens is 478 g/mol. The summed E-state index contributed by atoms with van der Waals surface area (Å²) < 4.78 is 0. The van der Waals surface area contributed by atoms with Gasteiger partial charge in [0.25, 0.3) is 5.91 Å². The molecule has 35 heavy (non-hydrogen) atoms. The van der Waals surface area contributed by atoms with Gasteiger partial charge < -0.3 is 5.32 Å². The molecule has 7 heteroatoms. The number of nitriles is 1. The first-order chi connectivity index (χ1) is 17.0. The van der Waals surface area contributed by atoms with Crippen LogP contribution in [0.4, 0.5) is 5.69 Å². The fourth-order valence-corrected chi connectivity index (χ4v) is 5.24. The van der Waals surface area contributed by atoms with Crippen LogP contribution in [-0.4, -0.2) is 23.6 Å². The Hall–Kier alpha value is -3.53. The van der Waals surface area contributed by atoms with Gasteiger partial charge in [-0.1, -0.05) is 83.5 Å². The lowest BCUT2D eigenvalue weighted by atomic mass is 10.1. The maximum absolute atomic E-state index is 13.5. The predicted octanol–water partition coefficient (Wildman–Crippen LogP) is 5.43. The zero-order valence-corrected chi connectivity index (χ0v) is 20.8. The molecule has 0 radical (unpaired) electrons. The second-order valence-corrected chi connectivity index (χ2v) is 9.86. The summed E-state index contributed by atoms with van der Waals surface area (Å²) in [4.78, 5) is 28.0. The largest absolute Gasteiger partial charge is 0.351 e. The minimum absolute atomic E-state index is 0.0715. The van der Waals surface area contributed by atoms with E-state index in [1.54, 1.807) is 24.3 Å². The zero-order chi connectivity index (χ0) is 24.8. The van der Waals surface area contributed by atoms with Crippen molar-refractivity contribution in [2.45, 2.75) is 25.0 Å². The molecule has 1 N–H and O–H groups in total. The number of benzene rings is 3. The summed E-state index contributed by atoms with van der Waals surface area (Å²) in [5.41, 5.74) is 3.74. The molecule has 3 aromatic rings. The number of nitrogens with zero attached hydrogens (tertiary/aromatic N) is 2. The van der Waals surface area contributed by atoms with Gasteiger partial charge in [0.2, 0.25) is 5.91 Å². The lowest BCUT2D eigenvalue weighted by molar-refractivity contribution is -0.117. The molecule has 1 saturated heterocycles. The number of halogens is 1. The van der Waals surface area contributed by atoms with Gasteiger partial charge in [-0.15, -0.1) is 0 Å². The van der Waals surface area contributed by atoms with Crippen LogP contribution in [0, 0.1) is 18.3 Å². The molecule has 176 valence electrons. The van der Waals surface area contributed by atoms with Crippen molar-refractivity contribution in [1.29, 1.82) is 5.26 Å². The molecule has 0 spiro atoms. The van der Waals surface area contributed by atoms with Gasteiger partial charge in [0.05, 0.1) is 5.25 Å². The van der Waals surface area contributed by atoms with E-state index < -0.39 is 11.2 Å². The maximum atomic E-state index is 13.5. The second-order valence-electron chi connectivity index (χ2n) is 8.23. The number of hydrogen-bond donors (Lipinski definition) is 1. The van der Waals surface area contributed by atoms with E-state index in [9.17, 15) is 14.9 Å². The zero-order valence-electron chi connectivity index (χ0n) is 19.2. The summed E-state index contributed by atoms with van der Waals surface area (Å²) in [6, 6.07) is 26.7. The van der Waals surface area contributed by atoms with Gasteiger partial charge >= 0.3 is 0 Å². The van der Waals surface area contributed by atoms with Crippen molar-refractivity contribution in [3.63, 3.8) is 0 Å². The normalized spacial score (nSPS) is 16.7. The van der Waals surface area contributed by atoms with Crippen LogP contribution in [-0.2, 0) is 22.4 Å². The first kappa shape index (κ1) is 24.6. The summed E-state index contributed by atoms with van der Waals surface area (Å²) >= 11 is 7.31. The van der Waals surface area contributed by atoms with Gasteiger partial charge in [-0.3, -0.25) is 14.5 Å². The molecule has 1 heterocycles. The van der Waals surface area contributed by atoms with Crippen molar-refractivity contribution in [2.75, 3.05) is 11.4 Å². The number of nitrogens with one attached hydrogen (secondary N) is 1. The third-order valence-electron chi connectivity index (χ3n) is 5.67. The van der Waals surface area contributed by atoms with Crippen molar-refractivity contribution in [3.05, 3.63) is 111 Å². The summed E-state index contributed by atoms with van der Waals surface area (Å²) in [5, 5.41) is 13.2. The monoisotopic (exact) mass is 501 g/mol. The van der Waals surface area contributed by atoms with Crippen molar-refractivity contribution in [2.24, 2.45) is 0 Å². The highest BCUT2D eigenvalue weighted by Crippen LogP contribution is 2.42. The lowest BCUT2D eigenvalue weighted by Crippen LogP contribution is -2.32. The van der Waals surface area contributed by atoms with Crippen LogP contribution in [0.25, 0.3) is 0 Å². The Kier molecular flexibility index (Phi) is 7.91. The van der Waals surface area contributed by atoms with E-state index in [0.29, 0.717) is 35.1 Å². The van der Waals surface area contributed by atoms with Crippen LogP contribution >= 0.6 is 23.4 Å². The number of rotatable bonds is 7. The van der Waals surface area contributed by atoms with E-state index in [0.717, 1.165) is 16.7 Å². The van der Waals surface area contributed by atoms with E-state index in [1.807, 2.05) is 67.6 Å². The van der Waals surface area contributed by atoms with E-state index in [-0.39, 0.29) is 11.5 Å². The van der Waals surface area contributed by atoms with Gasteiger partial charge in [0, 0.05) is 17.3 Å². The maximum Gasteiger partial charge on any atom is 0.264 e. The average Bonchev–Trinajstić information content (AvgIpc) is 3.17. The van der Waals surface area contributed by atoms with Gasteiger partial charge in [-0.2, -0.15) is 5.26 Å². The van der Waals surface area contributed by atoms with E-state index in [1.165, 1.54) is 16.7 Å². The minimum atomic E-state index is -0.492. The lowest BCUT2D eigenvalue weighted by Gasteiger charge is -2.19. The number of anilines is 1. The predicted molar refractivity (Wildman–Crippen MR) is 141 cm³/mol. The minimum Gasteiger partial charge on any atom is -0.351 e. The second kappa shape index (κ2) is 11.3. The van der Waals surface area contributed by atoms with E-state index in [4.69, 9.17) is 11.6 Å². The molecule has 5 nitrogen and oxygen atoms in total. The van der Waals surface area contributed by atoms with Crippen LogP contribution < -0.4 is 10.2 Å². The average molecular weight is 502 g/mol. The quantitative estimate of drug-likeness (QED) is 0.346. The van der Waals surface area contributed by atoms with Gasteiger partial charge in [-0.25, -0.2) is 0 Å². The molecular formula is C28H24ClN3O2S. The van der Waals surface area contributed by atoms with Crippen LogP contribution in [0.2, 0.25) is 5.02 Å². The molecule has 0 bridgehead atoms. The van der Waals surface area contributed by atoms with Crippen molar-refractivity contribution in [3.8, 4) is 6.07 Å². The fraction of sp³-hybridized carbons (Fsp3) is 0.179. The highest BCUT2D eigenvalue weighted by Gasteiger charge is 2.40. The Morgan fingerprint density at radius 1 is 1.03 bits per heavy atom. The standard InChI is InChI=1S/C28H24ClN3O2S/c1-19-7-9-21(10-8-19)17-25-27(34)32(23-13-11-22(29)12-14-23)28(35-25)24(18-30)26(33)31-16-15-20-5-3-2-4-6-20/h2-14,25H,15-17H2,1H3,(H,31,33)/b28-24-. The first-order valence-corrected chi connectivity index (χ1v) is 12.5. The summed E-state index contributed by atoms with van der Waals surface area (Å²) in [6.45, 7) is 2.39. The van der Waals surface area contributed by atoms with E-state index >= 15 is 0 Å². The van der Waals surface area contributed by atoms with Crippen molar-refractivity contribution >= 4 is 40.9 Å². The molecule has 3 aromatic carbocycles. The number of carbonyl (C=O) groups is 2. The smallest absolute Gasteiger partial charge is 0.264 e. The summed E-state index contributed by atoms with van der Waals surface area (Å²) in [6.07, 6.45) is 1.13. The van der Waals surface area contributed by atoms with Gasteiger partial charge in [0.1, 0.15) is 16.7 Å². The van der Waals surface area contributed by atoms with Crippen LogP contribution in [0.5, 0.6) is 0 Å². The molecule has 1 atom stereocenters. The molecule has 4 rings (SSSR count). The molecule has 0 aromatic heterocycles. The van der Waals surface area contributed by atoms with Gasteiger partial charge in [-0.05, 0) is 55.2 Å². The molecule has 2 amide bonds. The van der Waals surface area contributed by atoms with Crippen LogP contribution in [0.3, 0.4) is 0 Å². The number of hydrogen-bond acceptors (Lipinski definition) is 4.